The molecule has 0 saturated carbocycles. The highest BCUT2D eigenvalue weighted by Crippen LogP contribution is 2.39. The van der Waals surface area contributed by atoms with Crippen molar-refractivity contribution in [1.82, 2.24) is 24.8 Å². The standard InChI is InChI=1S/C32H31F2N7O/c33-24-10-2-7-20-6-1-9-22(26(20)24)29-27(34)30-23(17-38-29)28(25(35)18-37-21-8-3-13-36-16-21)39-31(40-30)42-19-32-11-4-14-41(32)15-5-12-32/h1-3,6-10,13,16-17,25,37H,4-5,11-12,14-15,18-19,35H2. The van der Waals surface area contributed by atoms with Gasteiger partial charge in [-0.25, -0.2) is 8.78 Å². The second kappa shape index (κ2) is 10.8. The molecule has 0 spiro atoms. The SMILES string of the molecule is NC(CNc1cccnc1)c1nc(OCC23CCCN2CCC3)nc2c(F)c(-c3cccc4cccc(F)c34)ncc12. The first-order chi connectivity index (χ1) is 20.5. The van der Waals surface area contributed by atoms with Crippen LogP contribution >= 0.6 is 0 Å². The minimum Gasteiger partial charge on any atom is -0.461 e. The third kappa shape index (κ3) is 4.70. The summed E-state index contributed by atoms with van der Waals surface area (Å²) in [6.07, 6.45) is 9.27. The summed E-state index contributed by atoms with van der Waals surface area (Å²) in [5.74, 6) is -1.12. The van der Waals surface area contributed by atoms with Crippen LogP contribution in [0.5, 0.6) is 6.01 Å². The first-order valence-corrected chi connectivity index (χ1v) is 14.3. The molecule has 0 aliphatic carbocycles. The number of ether oxygens (including phenoxy) is 1. The van der Waals surface area contributed by atoms with Gasteiger partial charge in [-0.2, -0.15) is 9.97 Å². The molecule has 3 N–H and O–H groups in total. The normalized spacial score (nSPS) is 17.0. The van der Waals surface area contributed by atoms with Gasteiger partial charge >= 0.3 is 6.01 Å². The predicted octanol–water partition coefficient (Wildman–Crippen LogP) is 5.64. The van der Waals surface area contributed by atoms with Gasteiger partial charge in [0.2, 0.25) is 0 Å². The second-order valence-corrected chi connectivity index (χ2v) is 11.2. The lowest BCUT2D eigenvalue weighted by Gasteiger charge is -2.31. The molecule has 2 saturated heterocycles. The van der Waals surface area contributed by atoms with E-state index in [0.29, 0.717) is 40.6 Å². The zero-order valence-electron chi connectivity index (χ0n) is 23.1. The number of nitrogens with two attached hydrogens (primary N) is 1. The maximum Gasteiger partial charge on any atom is 0.317 e. The molecule has 2 aliphatic rings. The number of fused-ring (bicyclic) bond motifs is 3. The number of halogens is 2. The van der Waals surface area contributed by atoms with Gasteiger partial charge in [0.1, 0.15) is 23.6 Å². The van der Waals surface area contributed by atoms with Crippen molar-refractivity contribution < 1.29 is 13.5 Å². The van der Waals surface area contributed by atoms with Crippen molar-refractivity contribution in [2.75, 3.05) is 31.6 Å². The molecule has 10 heteroatoms. The molecule has 3 aromatic heterocycles. The van der Waals surface area contributed by atoms with E-state index in [1.165, 1.54) is 12.3 Å². The Morgan fingerprint density at radius 1 is 1.00 bits per heavy atom. The lowest BCUT2D eigenvalue weighted by atomic mass is 9.95. The molecule has 214 valence electrons. The Balaban J connectivity index is 1.31. The fourth-order valence-corrected chi connectivity index (χ4v) is 6.54. The van der Waals surface area contributed by atoms with Crippen LogP contribution < -0.4 is 15.8 Å². The molecule has 0 radical (unpaired) electrons. The Morgan fingerprint density at radius 3 is 2.60 bits per heavy atom. The van der Waals surface area contributed by atoms with Gasteiger partial charge in [0.05, 0.1) is 23.0 Å². The largest absolute Gasteiger partial charge is 0.461 e. The highest BCUT2D eigenvalue weighted by molar-refractivity contribution is 5.98. The van der Waals surface area contributed by atoms with Crippen LogP contribution in [0.2, 0.25) is 0 Å². The van der Waals surface area contributed by atoms with Crippen molar-refractivity contribution in [2.45, 2.75) is 37.3 Å². The molecule has 8 nitrogen and oxygen atoms in total. The molecule has 5 aromatic rings. The van der Waals surface area contributed by atoms with E-state index in [9.17, 15) is 4.39 Å². The van der Waals surface area contributed by atoms with Crippen LogP contribution in [0.3, 0.4) is 0 Å². The van der Waals surface area contributed by atoms with Crippen LogP contribution in [0, 0.1) is 11.6 Å². The van der Waals surface area contributed by atoms with Gasteiger partial charge in [-0.15, -0.1) is 0 Å². The van der Waals surface area contributed by atoms with Gasteiger partial charge in [-0.1, -0.05) is 30.3 Å². The van der Waals surface area contributed by atoms with E-state index in [-0.39, 0.29) is 22.8 Å². The van der Waals surface area contributed by atoms with Crippen LogP contribution in [-0.4, -0.2) is 56.6 Å². The Kier molecular flexibility index (Phi) is 6.87. The third-order valence-corrected chi connectivity index (χ3v) is 8.62. The maximum absolute atomic E-state index is 16.4. The lowest BCUT2D eigenvalue weighted by molar-refractivity contribution is 0.107. The molecule has 0 bridgehead atoms. The minimum atomic E-state index is -0.675. The number of nitrogens with one attached hydrogen (secondary N) is 1. The van der Waals surface area contributed by atoms with Crippen molar-refractivity contribution in [1.29, 1.82) is 0 Å². The molecular formula is C32H31F2N7O. The number of aromatic nitrogens is 4. The number of hydrogen-bond donors (Lipinski definition) is 2. The van der Waals surface area contributed by atoms with E-state index in [4.69, 9.17) is 15.5 Å². The average molecular weight is 568 g/mol. The second-order valence-electron chi connectivity index (χ2n) is 11.2. The molecule has 5 heterocycles. The summed E-state index contributed by atoms with van der Waals surface area (Å²) in [5, 5.41) is 4.60. The Morgan fingerprint density at radius 2 is 1.81 bits per heavy atom. The molecule has 2 aliphatic heterocycles. The van der Waals surface area contributed by atoms with Gasteiger partial charge in [0, 0.05) is 41.5 Å². The van der Waals surface area contributed by atoms with Crippen molar-refractivity contribution in [3.8, 4) is 17.3 Å². The Hall–Kier alpha value is -4.28. The molecule has 7 rings (SSSR count). The average Bonchev–Trinajstić information content (AvgIpc) is 3.60. The molecule has 42 heavy (non-hydrogen) atoms. The zero-order chi connectivity index (χ0) is 28.7. The molecular weight excluding hydrogens is 536 g/mol. The van der Waals surface area contributed by atoms with Gasteiger partial charge < -0.3 is 15.8 Å². The van der Waals surface area contributed by atoms with E-state index in [2.05, 4.69) is 25.2 Å². The van der Waals surface area contributed by atoms with Crippen molar-refractivity contribution >= 4 is 27.4 Å². The van der Waals surface area contributed by atoms with Gasteiger partial charge in [0.15, 0.2) is 5.82 Å². The van der Waals surface area contributed by atoms with Gasteiger partial charge in [0.25, 0.3) is 0 Å². The number of nitrogens with zero attached hydrogens (tertiary/aromatic N) is 5. The van der Waals surface area contributed by atoms with Crippen molar-refractivity contribution in [3.63, 3.8) is 0 Å². The van der Waals surface area contributed by atoms with E-state index in [1.807, 2.05) is 12.1 Å². The predicted molar refractivity (Wildman–Crippen MR) is 158 cm³/mol. The summed E-state index contributed by atoms with van der Waals surface area (Å²) in [4.78, 5) is 20.3. The summed E-state index contributed by atoms with van der Waals surface area (Å²) in [6.45, 7) is 2.86. The summed E-state index contributed by atoms with van der Waals surface area (Å²) in [7, 11) is 0. The zero-order valence-corrected chi connectivity index (χ0v) is 23.1. The summed E-state index contributed by atoms with van der Waals surface area (Å²) < 4.78 is 37.7. The number of rotatable bonds is 8. The lowest BCUT2D eigenvalue weighted by Crippen LogP contribution is -2.43. The first-order valence-electron chi connectivity index (χ1n) is 14.3. The van der Waals surface area contributed by atoms with E-state index in [0.717, 1.165) is 44.5 Å². The minimum absolute atomic E-state index is 0.00668. The highest BCUT2D eigenvalue weighted by atomic mass is 19.1. The number of benzene rings is 2. The van der Waals surface area contributed by atoms with Crippen LogP contribution in [-0.2, 0) is 0 Å². The van der Waals surface area contributed by atoms with E-state index >= 15 is 4.39 Å². The fraction of sp³-hybridized carbons (Fsp3) is 0.312. The number of hydrogen-bond acceptors (Lipinski definition) is 8. The van der Waals surface area contributed by atoms with Crippen molar-refractivity contribution in [2.24, 2.45) is 5.73 Å². The first kappa shape index (κ1) is 26.6. The van der Waals surface area contributed by atoms with Crippen LogP contribution in [0.1, 0.15) is 37.4 Å². The Labute approximate surface area is 242 Å². The highest BCUT2D eigenvalue weighted by Gasteiger charge is 2.45. The summed E-state index contributed by atoms with van der Waals surface area (Å²) in [5.41, 5.74) is 8.21. The third-order valence-electron chi connectivity index (χ3n) is 8.62. The molecule has 1 unspecified atom stereocenters. The molecule has 2 fully saturated rings. The van der Waals surface area contributed by atoms with Crippen LogP contribution in [0.4, 0.5) is 14.5 Å². The molecule has 0 amide bonds. The smallest absolute Gasteiger partial charge is 0.317 e. The summed E-state index contributed by atoms with van der Waals surface area (Å²) >= 11 is 0. The quantitative estimate of drug-likeness (QED) is 0.249. The molecule has 1 atom stereocenters. The van der Waals surface area contributed by atoms with Crippen LogP contribution in [0.25, 0.3) is 32.9 Å². The summed E-state index contributed by atoms with van der Waals surface area (Å²) in [6, 6.07) is 13.1. The monoisotopic (exact) mass is 567 g/mol. The Bertz CT molecular complexity index is 1750. The number of anilines is 1. The van der Waals surface area contributed by atoms with Gasteiger partial charge in [-0.3, -0.25) is 14.9 Å². The van der Waals surface area contributed by atoms with Gasteiger partial charge in [-0.05, 0) is 62.4 Å². The van der Waals surface area contributed by atoms with E-state index < -0.39 is 17.7 Å². The fourth-order valence-electron chi connectivity index (χ4n) is 6.54. The van der Waals surface area contributed by atoms with Crippen LogP contribution in [0.15, 0.2) is 67.1 Å². The van der Waals surface area contributed by atoms with E-state index in [1.54, 1.807) is 42.7 Å². The number of pyridine rings is 2. The topological polar surface area (TPSA) is 102 Å². The maximum atomic E-state index is 16.4. The molecule has 2 aromatic carbocycles. The van der Waals surface area contributed by atoms with Crippen molar-refractivity contribution in [3.05, 3.63) is 84.4 Å².